The number of likely N-dealkylation sites (tertiary alicyclic amines) is 1. The fraction of sp³-hybridized carbons (Fsp3) is 0.346. The van der Waals surface area contributed by atoms with Crippen LogP contribution in [0.25, 0.3) is 11.3 Å². The predicted molar refractivity (Wildman–Crippen MR) is 129 cm³/mol. The highest BCUT2D eigenvalue weighted by molar-refractivity contribution is 7.99. The summed E-state index contributed by atoms with van der Waals surface area (Å²) in [4.78, 5) is 24.4. The number of ether oxygens (including phenoxy) is 2. The number of aromatic nitrogens is 2. The summed E-state index contributed by atoms with van der Waals surface area (Å²) in [7, 11) is 0. The van der Waals surface area contributed by atoms with Crippen LogP contribution in [0, 0.1) is 6.92 Å². The number of hydrogen-bond acceptors (Lipinski definition) is 6. The summed E-state index contributed by atoms with van der Waals surface area (Å²) < 4.78 is 11.6. The maximum absolute atomic E-state index is 13.2. The number of carbonyl (C=O) groups excluding carboxylic acids is 1. The van der Waals surface area contributed by atoms with Crippen LogP contribution in [0.5, 0.6) is 11.5 Å². The van der Waals surface area contributed by atoms with Gasteiger partial charge in [0, 0.05) is 24.2 Å². The van der Waals surface area contributed by atoms with Gasteiger partial charge in [0.05, 0.1) is 30.7 Å². The summed E-state index contributed by atoms with van der Waals surface area (Å²) in [6, 6.07) is 18.2. The van der Waals surface area contributed by atoms with Crippen molar-refractivity contribution in [3.05, 3.63) is 65.9 Å². The molecule has 0 bridgehead atoms. The van der Waals surface area contributed by atoms with Crippen LogP contribution in [0.2, 0.25) is 0 Å². The zero-order valence-corrected chi connectivity index (χ0v) is 19.5. The van der Waals surface area contributed by atoms with E-state index in [0.717, 1.165) is 59.8 Å². The molecule has 2 aliphatic rings. The SMILES string of the molecule is Cc1cc(-c2ccccc2)nc(SCC(=O)N2CCC[C@H]2c2ccc3c(c2)OCCCO3)n1. The van der Waals surface area contributed by atoms with Gasteiger partial charge in [0.25, 0.3) is 0 Å². The molecule has 7 heteroatoms. The first-order chi connectivity index (χ1) is 16.2. The van der Waals surface area contributed by atoms with E-state index in [2.05, 4.69) is 16.0 Å². The summed E-state index contributed by atoms with van der Waals surface area (Å²) in [5, 5.41) is 0.633. The second-order valence-corrected chi connectivity index (χ2v) is 9.28. The van der Waals surface area contributed by atoms with Gasteiger partial charge in [-0.3, -0.25) is 4.79 Å². The average Bonchev–Trinajstić information content (AvgIpc) is 3.21. The Morgan fingerprint density at radius 3 is 2.70 bits per heavy atom. The molecule has 0 aliphatic carbocycles. The smallest absolute Gasteiger partial charge is 0.233 e. The van der Waals surface area contributed by atoms with Crippen LogP contribution in [0.4, 0.5) is 0 Å². The lowest BCUT2D eigenvalue weighted by Gasteiger charge is -2.25. The largest absolute Gasteiger partial charge is 0.490 e. The maximum atomic E-state index is 13.2. The molecule has 33 heavy (non-hydrogen) atoms. The Kier molecular flexibility index (Phi) is 6.48. The molecule has 2 aromatic carbocycles. The fourth-order valence-electron chi connectivity index (χ4n) is 4.37. The van der Waals surface area contributed by atoms with E-state index in [1.165, 1.54) is 11.8 Å². The molecule has 5 rings (SSSR count). The molecule has 1 fully saturated rings. The molecule has 2 aliphatic heterocycles. The van der Waals surface area contributed by atoms with Crippen LogP contribution in [0.15, 0.2) is 59.8 Å². The Bertz CT molecular complexity index is 1140. The van der Waals surface area contributed by atoms with Crippen molar-refractivity contribution >= 4 is 17.7 Å². The molecule has 1 saturated heterocycles. The molecule has 0 spiro atoms. The summed E-state index contributed by atoms with van der Waals surface area (Å²) in [5.74, 6) is 1.99. The lowest BCUT2D eigenvalue weighted by atomic mass is 10.0. The Morgan fingerprint density at radius 1 is 1.03 bits per heavy atom. The number of thioether (sulfide) groups is 1. The molecule has 1 amide bonds. The first-order valence-corrected chi connectivity index (χ1v) is 12.4. The van der Waals surface area contributed by atoms with Crippen molar-refractivity contribution in [3.8, 4) is 22.8 Å². The van der Waals surface area contributed by atoms with Crippen LogP contribution >= 0.6 is 11.8 Å². The monoisotopic (exact) mass is 461 g/mol. The third-order valence-electron chi connectivity index (χ3n) is 5.96. The van der Waals surface area contributed by atoms with Gasteiger partial charge in [0.2, 0.25) is 5.91 Å². The number of benzene rings is 2. The van der Waals surface area contributed by atoms with E-state index in [0.29, 0.717) is 24.1 Å². The van der Waals surface area contributed by atoms with Crippen molar-refractivity contribution in [2.24, 2.45) is 0 Å². The normalized spacial score (nSPS) is 17.6. The topological polar surface area (TPSA) is 64.6 Å². The van der Waals surface area contributed by atoms with E-state index in [-0.39, 0.29) is 11.9 Å². The van der Waals surface area contributed by atoms with Gasteiger partial charge in [-0.25, -0.2) is 9.97 Å². The van der Waals surface area contributed by atoms with Crippen LogP contribution in [0.3, 0.4) is 0 Å². The second-order valence-electron chi connectivity index (χ2n) is 8.33. The lowest BCUT2D eigenvalue weighted by molar-refractivity contribution is -0.129. The van der Waals surface area contributed by atoms with Crippen molar-refractivity contribution in [2.45, 2.75) is 37.4 Å². The Morgan fingerprint density at radius 2 is 1.85 bits per heavy atom. The number of nitrogens with zero attached hydrogens (tertiary/aromatic N) is 3. The molecule has 1 aromatic heterocycles. The molecular weight excluding hydrogens is 434 g/mol. The van der Waals surface area contributed by atoms with Crippen molar-refractivity contribution in [1.82, 2.24) is 14.9 Å². The van der Waals surface area contributed by atoms with Gasteiger partial charge in [-0.1, -0.05) is 48.2 Å². The van der Waals surface area contributed by atoms with Gasteiger partial charge < -0.3 is 14.4 Å². The van der Waals surface area contributed by atoms with E-state index in [4.69, 9.17) is 9.47 Å². The maximum Gasteiger partial charge on any atom is 0.233 e. The predicted octanol–water partition coefficient (Wildman–Crippen LogP) is 5.07. The second kappa shape index (κ2) is 9.83. The standard InChI is InChI=1S/C26H27N3O3S/c1-18-15-21(19-7-3-2-4-8-19)28-26(27-18)33-17-25(30)29-12-5-9-22(29)20-10-11-23-24(16-20)32-14-6-13-31-23/h2-4,7-8,10-11,15-16,22H,5-6,9,12-14,17H2,1H3/t22-/m0/s1. The summed E-state index contributed by atoms with van der Waals surface area (Å²) >= 11 is 1.40. The van der Waals surface area contributed by atoms with Crippen molar-refractivity contribution in [1.29, 1.82) is 0 Å². The Balaban J connectivity index is 1.28. The minimum Gasteiger partial charge on any atom is -0.490 e. The van der Waals surface area contributed by atoms with Crippen LogP contribution in [-0.4, -0.2) is 46.3 Å². The number of amides is 1. The summed E-state index contributed by atoms with van der Waals surface area (Å²) in [6.45, 7) is 4.05. The van der Waals surface area contributed by atoms with Gasteiger partial charge in [-0.05, 0) is 43.5 Å². The zero-order valence-electron chi connectivity index (χ0n) is 18.7. The molecule has 0 saturated carbocycles. The number of fused-ring (bicyclic) bond motifs is 1. The van der Waals surface area contributed by atoms with Crippen LogP contribution in [0.1, 0.15) is 36.6 Å². The number of hydrogen-bond donors (Lipinski definition) is 0. The zero-order chi connectivity index (χ0) is 22.6. The molecule has 3 heterocycles. The number of rotatable bonds is 5. The molecule has 0 unspecified atom stereocenters. The average molecular weight is 462 g/mol. The number of carbonyl (C=O) groups is 1. The molecule has 6 nitrogen and oxygen atoms in total. The van der Waals surface area contributed by atoms with Crippen molar-refractivity contribution < 1.29 is 14.3 Å². The molecular formula is C26H27N3O3S. The molecule has 170 valence electrons. The molecule has 0 N–H and O–H groups in total. The van der Waals surface area contributed by atoms with Crippen molar-refractivity contribution in [2.75, 3.05) is 25.5 Å². The van der Waals surface area contributed by atoms with Crippen LogP contribution < -0.4 is 9.47 Å². The van der Waals surface area contributed by atoms with Crippen LogP contribution in [-0.2, 0) is 4.79 Å². The highest BCUT2D eigenvalue weighted by atomic mass is 32.2. The van der Waals surface area contributed by atoms with E-state index < -0.39 is 0 Å². The first kappa shape index (κ1) is 21.8. The van der Waals surface area contributed by atoms with Gasteiger partial charge in [0.1, 0.15) is 0 Å². The van der Waals surface area contributed by atoms with E-state index in [1.54, 1.807) is 0 Å². The first-order valence-electron chi connectivity index (χ1n) is 11.4. The molecule has 3 aromatic rings. The fourth-order valence-corrected chi connectivity index (χ4v) is 5.16. The highest BCUT2D eigenvalue weighted by Crippen LogP contribution is 2.38. The van der Waals surface area contributed by atoms with E-state index in [1.807, 2.05) is 60.4 Å². The van der Waals surface area contributed by atoms with Gasteiger partial charge >= 0.3 is 0 Å². The lowest BCUT2D eigenvalue weighted by Crippen LogP contribution is -2.32. The van der Waals surface area contributed by atoms with Gasteiger partial charge in [-0.15, -0.1) is 0 Å². The minimum absolute atomic E-state index is 0.0635. The molecule has 1 atom stereocenters. The minimum atomic E-state index is 0.0635. The van der Waals surface area contributed by atoms with Gasteiger partial charge in [0.15, 0.2) is 16.7 Å². The van der Waals surface area contributed by atoms with E-state index >= 15 is 0 Å². The van der Waals surface area contributed by atoms with E-state index in [9.17, 15) is 4.79 Å². The Labute approximate surface area is 198 Å². The summed E-state index contributed by atoms with van der Waals surface area (Å²) in [6.07, 6.45) is 2.83. The Hall–Kier alpha value is -3.06. The molecule has 0 radical (unpaired) electrons. The quantitative estimate of drug-likeness (QED) is 0.391. The van der Waals surface area contributed by atoms with Crippen molar-refractivity contribution in [3.63, 3.8) is 0 Å². The highest BCUT2D eigenvalue weighted by Gasteiger charge is 2.30. The third kappa shape index (κ3) is 4.98. The number of aryl methyl sites for hydroxylation is 1. The summed E-state index contributed by atoms with van der Waals surface area (Å²) in [5.41, 5.74) is 3.92. The third-order valence-corrected chi connectivity index (χ3v) is 6.79. The van der Waals surface area contributed by atoms with Gasteiger partial charge in [-0.2, -0.15) is 0 Å².